The van der Waals surface area contributed by atoms with E-state index in [2.05, 4.69) is 52.9 Å². The number of rotatable bonds is 9. The second-order valence-electron chi connectivity index (χ2n) is 5.63. The molecule has 21 heavy (non-hydrogen) atoms. The lowest BCUT2D eigenvalue weighted by atomic mass is 10.1. The summed E-state index contributed by atoms with van der Waals surface area (Å²) in [5.41, 5.74) is 0. The molecule has 0 amide bonds. The van der Waals surface area contributed by atoms with Gasteiger partial charge >= 0.3 is 0 Å². The van der Waals surface area contributed by atoms with Gasteiger partial charge in [-0.1, -0.05) is 27.2 Å². The third kappa shape index (κ3) is 5.36. The van der Waals surface area contributed by atoms with Crippen LogP contribution in [-0.4, -0.2) is 48.7 Å². The van der Waals surface area contributed by atoms with Crippen molar-refractivity contribution in [1.29, 1.82) is 0 Å². The molecular formula is C15H30N6. The summed E-state index contributed by atoms with van der Waals surface area (Å²) in [6, 6.07) is 0. The number of hydrogen-bond donors (Lipinski definition) is 1. The third-order valence-electron chi connectivity index (χ3n) is 3.44. The Labute approximate surface area is 129 Å². The van der Waals surface area contributed by atoms with Crippen LogP contribution in [0.2, 0.25) is 0 Å². The van der Waals surface area contributed by atoms with Crippen molar-refractivity contribution >= 4 is 17.8 Å². The van der Waals surface area contributed by atoms with Crippen LogP contribution in [0.15, 0.2) is 0 Å². The van der Waals surface area contributed by atoms with Crippen LogP contribution in [0, 0.1) is 5.92 Å². The molecule has 0 aliphatic rings. The van der Waals surface area contributed by atoms with Gasteiger partial charge in [0, 0.05) is 33.7 Å². The Hall–Kier alpha value is -1.59. The molecule has 120 valence electrons. The minimum absolute atomic E-state index is 0.622. The van der Waals surface area contributed by atoms with Crippen molar-refractivity contribution < 1.29 is 0 Å². The Kier molecular flexibility index (Phi) is 7.19. The van der Waals surface area contributed by atoms with Crippen LogP contribution in [0.4, 0.5) is 17.8 Å². The first kappa shape index (κ1) is 17.5. The summed E-state index contributed by atoms with van der Waals surface area (Å²) >= 11 is 0. The fraction of sp³-hybridized carbons (Fsp3) is 0.800. The minimum atomic E-state index is 0.622. The van der Waals surface area contributed by atoms with E-state index < -0.39 is 0 Å². The Bertz CT molecular complexity index is 421. The van der Waals surface area contributed by atoms with E-state index in [1.807, 2.05) is 19.0 Å². The molecule has 0 saturated heterocycles. The molecule has 0 saturated carbocycles. The zero-order valence-corrected chi connectivity index (χ0v) is 14.3. The molecule has 1 rings (SSSR count). The van der Waals surface area contributed by atoms with E-state index >= 15 is 0 Å². The van der Waals surface area contributed by atoms with E-state index in [0.29, 0.717) is 17.8 Å². The Morgan fingerprint density at radius 2 is 1.71 bits per heavy atom. The summed E-state index contributed by atoms with van der Waals surface area (Å²) in [6.07, 6.45) is 2.20. The van der Waals surface area contributed by atoms with Crippen molar-refractivity contribution in [3.8, 4) is 0 Å². The van der Waals surface area contributed by atoms with E-state index in [1.54, 1.807) is 0 Å². The van der Waals surface area contributed by atoms with Gasteiger partial charge in [0.25, 0.3) is 0 Å². The predicted molar refractivity (Wildman–Crippen MR) is 90.3 cm³/mol. The fourth-order valence-corrected chi connectivity index (χ4v) is 1.87. The lowest BCUT2D eigenvalue weighted by Crippen LogP contribution is -2.31. The molecule has 1 N–H and O–H groups in total. The Balaban J connectivity index is 3.04. The number of hydrogen-bond acceptors (Lipinski definition) is 6. The average Bonchev–Trinajstić information content (AvgIpc) is 2.49. The topological polar surface area (TPSA) is 57.2 Å². The fourth-order valence-electron chi connectivity index (χ4n) is 1.87. The molecule has 1 aromatic rings. The minimum Gasteiger partial charge on any atom is -0.354 e. The van der Waals surface area contributed by atoms with Crippen LogP contribution in [0.25, 0.3) is 0 Å². The summed E-state index contributed by atoms with van der Waals surface area (Å²) in [6.45, 7) is 11.5. The van der Waals surface area contributed by atoms with Crippen LogP contribution in [0.1, 0.15) is 40.5 Å². The van der Waals surface area contributed by atoms with E-state index in [1.165, 1.54) is 0 Å². The summed E-state index contributed by atoms with van der Waals surface area (Å²) in [5, 5.41) is 3.26. The van der Waals surface area contributed by atoms with E-state index in [0.717, 1.165) is 38.4 Å². The number of anilines is 3. The number of aromatic nitrogens is 3. The van der Waals surface area contributed by atoms with Gasteiger partial charge in [0.2, 0.25) is 17.8 Å². The first-order valence-electron chi connectivity index (χ1n) is 7.93. The molecule has 1 unspecified atom stereocenters. The molecule has 0 aliphatic carbocycles. The maximum Gasteiger partial charge on any atom is 0.231 e. The van der Waals surface area contributed by atoms with Gasteiger partial charge in [0.05, 0.1) is 0 Å². The van der Waals surface area contributed by atoms with E-state index in [9.17, 15) is 0 Å². The highest BCUT2D eigenvalue weighted by atomic mass is 15.3. The molecule has 1 atom stereocenters. The van der Waals surface area contributed by atoms with Crippen LogP contribution in [0.5, 0.6) is 0 Å². The number of nitrogens with zero attached hydrogens (tertiary/aromatic N) is 5. The molecule has 0 fully saturated rings. The third-order valence-corrected chi connectivity index (χ3v) is 3.44. The van der Waals surface area contributed by atoms with Crippen LogP contribution in [-0.2, 0) is 0 Å². The second kappa shape index (κ2) is 8.64. The highest BCUT2D eigenvalue weighted by molar-refractivity contribution is 5.44. The van der Waals surface area contributed by atoms with E-state index in [-0.39, 0.29) is 0 Å². The van der Waals surface area contributed by atoms with Crippen molar-refractivity contribution in [1.82, 2.24) is 15.0 Å². The van der Waals surface area contributed by atoms with Crippen molar-refractivity contribution in [2.75, 3.05) is 48.8 Å². The van der Waals surface area contributed by atoms with Gasteiger partial charge in [-0.3, -0.25) is 0 Å². The van der Waals surface area contributed by atoms with Crippen LogP contribution >= 0.6 is 0 Å². The molecule has 0 aliphatic heterocycles. The second-order valence-corrected chi connectivity index (χ2v) is 5.63. The normalized spacial score (nSPS) is 12.1. The summed E-state index contributed by atoms with van der Waals surface area (Å²) in [5.74, 6) is 2.74. The first-order valence-corrected chi connectivity index (χ1v) is 7.93. The Morgan fingerprint density at radius 1 is 1.05 bits per heavy atom. The van der Waals surface area contributed by atoms with Crippen molar-refractivity contribution in [3.05, 3.63) is 0 Å². The van der Waals surface area contributed by atoms with Gasteiger partial charge in [-0.15, -0.1) is 0 Å². The first-order chi connectivity index (χ1) is 10.0. The quantitative estimate of drug-likeness (QED) is 0.755. The predicted octanol–water partition coefficient (Wildman–Crippen LogP) is 2.63. The van der Waals surface area contributed by atoms with Crippen molar-refractivity contribution in [2.24, 2.45) is 5.92 Å². The van der Waals surface area contributed by atoms with Crippen LogP contribution in [0.3, 0.4) is 0 Å². The number of nitrogens with one attached hydrogen (secondary N) is 1. The average molecular weight is 294 g/mol. The maximum absolute atomic E-state index is 4.59. The summed E-state index contributed by atoms with van der Waals surface area (Å²) < 4.78 is 0. The molecule has 6 heteroatoms. The maximum atomic E-state index is 4.59. The van der Waals surface area contributed by atoms with Gasteiger partial charge in [-0.2, -0.15) is 15.0 Å². The highest BCUT2D eigenvalue weighted by Gasteiger charge is 2.15. The van der Waals surface area contributed by atoms with Crippen molar-refractivity contribution in [2.45, 2.75) is 40.5 Å². The van der Waals surface area contributed by atoms with Gasteiger partial charge in [0.15, 0.2) is 0 Å². The zero-order chi connectivity index (χ0) is 15.8. The molecule has 0 radical (unpaired) electrons. The van der Waals surface area contributed by atoms with Gasteiger partial charge in [-0.25, -0.2) is 0 Å². The zero-order valence-electron chi connectivity index (χ0n) is 14.3. The van der Waals surface area contributed by atoms with Gasteiger partial charge in [-0.05, 0) is 19.3 Å². The van der Waals surface area contributed by atoms with Crippen molar-refractivity contribution in [3.63, 3.8) is 0 Å². The standard InChI is InChI=1S/C15H30N6/c1-7-10-16-13-17-14(20(5)6)19-15(18-13)21(9-3)11-12(4)8-2/h12H,7-11H2,1-6H3,(H,16,17,18,19). The Morgan fingerprint density at radius 3 is 2.24 bits per heavy atom. The lowest BCUT2D eigenvalue weighted by Gasteiger charge is -2.25. The van der Waals surface area contributed by atoms with E-state index in [4.69, 9.17) is 0 Å². The summed E-state index contributed by atoms with van der Waals surface area (Å²) in [4.78, 5) is 17.8. The van der Waals surface area contributed by atoms with Gasteiger partial charge < -0.3 is 15.1 Å². The molecule has 0 bridgehead atoms. The molecule has 1 heterocycles. The smallest absolute Gasteiger partial charge is 0.231 e. The monoisotopic (exact) mass is 294 g/mol. The highest BCUT2D eigenvalue weighted by Crippen LogP contribution is 2.17. The molecule has 6 nitrogen and oxygen atoms in total. The molecule has 0 spiro atoms. The lowest BCUT2D eigenvalue weighted by molar-refractivity contribution is 0.542. The molecule has 0 aromatic carbocycles. The summed E-state index contributed by atoms with van der Waals surface area (Å²) in [7, 11) is 3.90. The van der Waals surface area contributed by atoms with Crippen LogP contribution < -0.4 is 15.1 Å². The molecule has 1 aromatic heterocycles. The molecular weight excluding hydrogens is 264 g/mol. The van der Waals surface area contributed by atoms with Gasteiger partial charge in [0.1, 0.15) is 0 Å². The largest absolute Gasteiger partial charge is 0.354 e. The SMILES string of the molecule is CCCNc1nc(N(C)C)nc(N(CC)CC(C)CC)n1.